The third kappa shape index (κ3) is 1.90. The minimum atomic E-state index is 0.173. The van der Waals surface area contributed by atoms with Crippen LogP contribution in [0.2, 0.25) is 0 Å². The van der Waals surface area contributed by atoms with Crippen LogP contribution in [0.15, 0.2) is 30.7 Å². The van der Waals surface area contributed by atoms with Gasteiger partial charge in [0.1, 0.15) is 5.52 Å². The van der Waals surface area contributed by atoms with E-state index in [4.69, 9.17) is 5.73 Å². The van der Waals surface area contributed by atoms with Gasteiger partial charge < -0.3 is 11.1 Å². The lowest BCUT2D eigenvalue weighted by Gasteiger charge is -2.06. The van der Waals surface area contributed by atoms with Crippen LogP contribution in [0.3, 0.4) is 0 Å². The minimum Gasteiger partial charge on any atom is -0.371 e. The molecule has 4 aromatic heterocycles. The van der Waals surface area contributed by atoms with E-state index in [1.165, 1.54) is 6.20 Å². The van der Waals surface area contributed by atoms with E-state index < -0.39 is 0 Å². The summed E-state index contributed by atoms with van der Waals surface area (Å²) in [5.74, 6) is 0.773. The molecular formula is C14H12N8O. The fourth-order valence-corrected chi connectivity index (χ4v) is 2.54. The van der Waals surface area contributed by atoms with Gasteiger partial charge in [0, 0.05) is 25.0 Å². The summed E-state index contributed by atoms with van der Waals surface area (Å²) in [6.07, 6.45) is 5.76. The van der Waals surface area contributed by atoms with E-state index in [1.807, 2.05) is 12.1 Å². The maximum absolute atomic E-state index is 11.1. The Kier molecular flexibility index (Phi) is 2.73. The van der Waals surface area contributed by atoms with Crippen molar-refractivity contribution < 1.29 is 4.79 Å². The van der Waals surface area contributed by atoms with Gasteiger partial charge in [-0.15, -0.1) is 5.10 Å². The summed E-state index contributed by atoms with van der Waals surface area (Å²) in [4.78, 5) is 19.8. The smallest absolute Gasteiger partial charge is 0.240 e. The second-order valence-electron chi connectivity index (χ2n) is 4.89. The first-order valence-electron chi connectivity index (χ1n) is 6.84. The standard InChI is InChI=1S/C14H12N8O/c1-16-12-11-9(2-4-21(11)20-14(15)19-12)10-3-5-22-13(18-10)8(7-23)6-17-22/h2-7H,1H3,(H3,15,16,19,20). The maximum atomic E-state index is 11.1. The second kappa shape index (κ2) is 4.77. The van der Waals surface area contributed by atoms with Crippen molar-refractivity contribution in [2.45, 2.75) is 0 Å². The first-order valence-corrected chi connectivity index (χ1v) is 6.84. The Labute approximate surface area is 129 Å². The number of hydrogen-bond donors (Lipinski definition) is 2. The van der Waals surface area contributed by atoms with Gasteiger partial charge >= 0.3 is 0 Å². The van der Waals surface area contributed by atoms with Gasteiger partial charge in [0.25, 0.3) is 0 Å². The van der Waals surface area contributed by atoms with Crippen LogP contribution in [0.1, 0.15) is 10.4 Å². The van der Waals surface area contributed by atoms with Crippen molar-refractivity contribution in [1.82, 2.24) is 29.2 Å². The molecule has 9 nitrogen and oxygen atoms in total. The number of aromatic nitrogens is 6. The summed E-state index contributed by atoms with van der Waals surface area (Å²) in [7, 11) is 1.76. The molecule has 0 aliphatic rings. The third-order valence-corrected chi connectivity index (χ3v) is 3.56. The van der Waals surface area contributed by atoms with Crippen LogP contribution in [0.4, 0.5) is 11.8 Å². The number of carbonyl (C=O) groups is 1. The van der Waals surface area contributed by atoms with Crippen LogP contribution in [0, 0.1) is 0 Å². The van der Waals surface area contributed by atoms with Crippen molar-refractivity contribution in [3.63, 3.8) is 0 Å². The van der Waals surface area contributed by atoms with Crippen molar-refractivity contribution in [3.8, 4) is 11.3 Å². The molecule has 23 heavy (non-hydrogen) atoms. The first kappa shape index (κ1) is 13.2. The van der Waals surface area contributed by atoms with Gasteiger partial charge in [0.05, 0.1) is 17.5 Å². The number of aldehydes is 1. The average Bonchev–Trinajstić information content (AvgIpc) is 3.16. The highest BCUT2D eigenvalue weighted by atomic mass is 16.1. The lowest BCUT2D eigenvalue weighted by atomic mass is 10.2. The van der Waals surface area contributed by atoms with E-state index in [9.17, 15) is 4.79 Å². The quantitative estimate of drug-likeness (QED) is 0.540. The van der Waals surface area contributed by atoms with Crippen LogP contribution in [0.5, 0.6) is 0 Å². The predicted molar refractivity (Wildman–Crippen MR) is 84.3 cm³/mol. The summed E-state index contributed by atoms with van der Waals surface area (Å²) < 4.78 is 3.20. The molecule has 114 valence electrons. The number of nitrogen functional groups attached to an aromatic ring is 1. The van der Waals surface area contributed by atoms with E-state index in [0.717, 1.165) is 17.4 Å². The highest BCUT2D eigenvalue weighted by Gasteiger charge is 2.15. The molecule has 0 fully saturated rings. The third-order valence-electron chi connectivity index (χ3n) is 3.56. The molecule has 4 aromatic rings. The molecule has 0 atom stereocenters. The van der Waals surface area contributed by atoms with Crippen molar-refractivity contribution in [3.05, 3.63) is 36.3 Å². The Balaban J connectivity index is 2.00. The van der Waals surface area contributed by atoms with Gasteiger partial charge in [-0.05, 0) is 12.1 Å². The lowest BCUT2D eigenvalue weighted by molar-refractivity contribution is 0.112. The van der Waals surface area contributed by atoms with E-state index in [1.54, 1.807) is 28.5 Å². The zero-order valence-corrected chi connectivity index (χ0v) is 12.1. The summed E-state index contributed by atoms with van der Waals surface area (Å²) in [5.41, 5.74) is 8.90. The average molecular weight is 308 g/mol. The van der Waals surface area contributed by atoms with Crippen LogP contribution < -0.4 is 11.1 Å². The van der Waals surface area contributed by atoms with E-state index in [-0.39, 0.29) is 5.95 Å². The van der Waals surface area contributed by atoms with Gasteiger partial charge in [-0.25, -0.2) is 14.0 Å². The summed E-state index contributed by atoms with van der Waals surface area (Å²) in [6.45, 7) is 0. The molecule has 0 aromatic carbocycles. The molecule has 0 amide bonds. The molecule has 4 heterocycles. The fraction of sp³-hybridized carbons (Fsp3) is 0.0714. The summed E-state index contributed by atoms with van der Waals surface area (Å²) in [6, 6.07) is 3.69. The van der Waals surface area contributed by atoms with Crippen molar-refractivity contribution in [2.24, 2.45) is 0 Å². The van der Waals surface area contributed by atoms with Crippen LogP contribution in [0.25, 0.3) is 22.4 Å². The number of fused-ring (bicyclic) bond motifs is 2. The maximum Gasteiger partial charge on any atom is 0.240 e. The molecule has 3 N–H and O–H groups in total. The molecule has 0 aliphatic heterocycles. The van der Waals surface area contributed by atoms with Crippen LogP contribution in [-0.4, -0.2) is 42.5 Å². The fourth-order valence-electron chi connectivity index (χ4n) is 2.54. The van der Waals surface area contributed by atoms with E-state index in [0.29, 0.717) is 22.7 Å². The summed E-state index contributed by atoms with van der Waals surface area (Å²) in [5, 5.41) is 11.3. The van der Waals surface area contributed by atoms with Crippen LogP contribution >= 0.6 is 0 Å². The first-order chi connectivity index (χ1) is 11.2. The number of nitrogens with zero attached hydrogens (tertiary/aromatic N) is 6. The second-order valence-corrected chi connectivity index (χ2v) is 4.89. The molecule has 0 aliphatic carbocycles. The van der Waals surface area contributed by atoms with Crippen molar-refractivity contribution >= 4 is 29.2 Å². The minimum absolute atomic E-state index is 0.173. The molecule has 9 heteroatoms. The van der Waals surface area contributed by atoms with Crippen molar-refractivity contribution in [2.75, 3.05) is 18.1 Å². The molecule has 4 rings (SSSR count). The molecule has 0 unspecified atom stereocenters. The number of hydrogen-bond acceptors (Lipinski definition) is 7. The number of carbonyl (C=O) groups excluding carboxylic acids is 1. The van der Waals surface area contributed by atoms with Gasteiger partial charge in [-0.3, -0.25) is 4.79 Å². The number of nitrogens with one attached hydrogen (secondary N) is 1. The van der Waals surface area contributed by atoms with E-state index >= 15 is 0 Å². The summed E-state index contributed by atoms with van der Waals surface area (Å²) >= 11 is 0. The monoisotopic (exact) mass is 308 g/mol. The number of anilines is 2. The molecule has 0 radical (unpaired) electrons. The number of rotatable bonds is 3. The lowest BCUT2D eigenvalue weighted by Crippen LogP contribution is -2.05. The van der Waals surface area contributed by atoms with Gasteiger partial charge in [-0.1, -0.05) is 0 Å². The normalized spacial score (nSPS) is 11.2. The Morgan fingerprint density at radius 1 is 1.22 bits per heavy atom. The molecule has 0 spiro atoms. The van der Waals surface area contributed by atoms with E-state index in [2.05, 4.69) is 25.5 Å². The largest absolute Gasteiger partial charge is 0.371 e. The molecule has 0 saturated heterocycles. The van der Waals surface area contributed by atoms with Crippen molar-refractivity contribution in [1.29, 1.82) is 0 Å². The Morgan fingerprint density at radius 3 is 2.83 bits per heavy atom. The zero-order valence-electron chi connectivity index (χ0n) is 12.1. The van der Waals surface area contributed by atoms with Gasteiger partial charge in [0.15, 0.2) is 17.8 Å². The molecule has 0 bridgehead atoms. The predicted octanol–water partition coefficient (Wildman–Crippen LogP) is 0.875. The Bertz CT molecular complexity index is 1050. The Morgan fingerprint density at radius 2 is 2.04 bits per heavy atom. The topological polar surface area (TPSA) is 115 Å². The van der Waals surface area contributed by atoms with Gasteiger partial charge in [-0.2, -0.15) is 10.1 Å². The number of nitrogens with two attached hydrogens (primary N) is 1. The zero-order chi connectivity index (χ0) is 16.0. The SMILES string of the molecule is CNc1nc(N)nn2ccc(-c3ccn4ncc(C=O)c4n3)c12. The van der Waals surface area contributed by atoms with Crippen LogP contribution in [-0.2, 0) is 0 Å². The molecule has 0 saturated carbocycles. The highest BCUT2D eigenvalue weighted by molar-refractivity contribution is 5.89. The highest BCUT2D eigenvalue weighted by Crippen LogP contribution is 2.28. The van der Waals surface area contributed by atoms with Gasteiger partial charge in [0.2, 0.25) is 5.95 Å². The molecular weight excluding hydrogens is 296 g/mol. The Hall–Kier alpha value is -3.49.